The summed E-state index contributed by atoms with van der Waals surface area (Å²) in [6.45, 7) is 0. The lowest BCUT2D eigenvalue weighted by Gasteiger charge is -2.34. The fraction of sp³-hybridized carbons (Fsp3) is 0.0526. The first-order chi connectivity index (χ1) is 13.5. The molecule has 0 saturated carbocycles. The summed E-state index contributed by atoms with van der Waals surface area (Å²) in [7, 11) is -5.14. The smallest absolute Gasteiger partial charge is 0.283 e. The molecule has 10 heteroatoms. The predicted octanol–water partition coefficient (Wildman–Crippen LogP) is 5.89. The van der Waals surface area contributed by atoms with Gasteiger partial charge < -0.3 is 10.2 Å². The number of phenols is 2. The maximum atomic E-state index is 13.0. The summed E-state index contributed by atoms with van der Waals surface area (Å²) >= 11 is 24.6. The second kappa shape index (κ2) is 7.87. The van der Waals surface area contributed by atoms with Crippen LogP contribution in [-0.4, -0.2) is 23.2 Å². The van der Waals surface area contributed by atoms with Crippen molar-refractivity contribution >= 4 is 56.5 Å². The molecule has 0 aliphatic carbocycles. The average Bonchev–Trinajstić information content (AvgIpc) is 2.65. The summed E-state index contributed by atoms with van der Waals surface area (Å²) in [6, 6.07) is 12.1. The zero-order valence-electron chi connectivity index (χ0n) is 14.3. The number of hydrogen-bond donors (Lipinski definition) is 3. The Bertz CT molecular complexity index is 1200. The SMILES string of the molecule is O=S(=O)(O)C(c1ccccc1)(c1cc(O)ccc1Cl)c1c(Cl)cc(Cl)c(Cl)c1O. The van der Waals surface area contributed by atoms with Crippen LogP contribution >= 0.6 is 46.4 Å². The Labute approximate surface area is 186 Å². The van der Waals surface area contributed by atoms with E-state index < -0.39 is 26.2 Å². The lowest BCUT2D eigenvalue weighted by Crippen LogP contribution is -2.39. The topological polar surface area (TPSA) is 94.8 Å². The Balaban J connectivity index is 2.67. The Hall–Kier alpha value is -1.67. The van der Waals surface area contributed by atoms with Gasteiger partial charge in [-0.2, -0.15) is 8.42 Å². The molecule has 0 fully saturated rings. The van der Waals surface area contributed by atoms with E-state index in [0.29, 0.717) is 0 Å². The number of hydrogen-bond acceptors (Lipinski definition) is 4. The van der Waals surface area contributed by atoms with Crippen molar-refractivity contribution in [3.05, 3.63) is 91.4 Å². The van der Waals surface area contributed by atoms with E-state index in [1.54, 1.807) is 6.07 Å². The van der Waals surface area contributed by atoms with Crippen LogP contribution in [0.25, 0.3) is 0 Å². The van der Waals surface area contributed by atoms with Gasteiger partial charge >= 0.3 is 0 Å². The van der Waals surface area contributed by atoms with Gasteiger partial charge in [0.1, 0.15) is 16.5 Å². The van der Waals surface area contributed by atoms with E-state index in [0.717, 1.165) is 12.1 Å². The molecule has 0 saturated heterocycles. The Morgan fingerprint density at radius 1 is 0.793 bits per heavy atom. The molecular weight excluding hydrogens is 482 g/mol. The summed E-state index contributed by atoms with van der Waals surface area (Å²) in [5, 5.41) is 19.9. The van der Waals surface area contributed by atoms with Crippen molar-refractivity contribution in [1.82, 2.24) is 0 Å². The van der Waals surface area contributed by atoms with Crippen LogP contribution in [0.2, 0.25) is 20.1 Å². The molecule has 0 spiro atoms. The molecule has 152 valence electrons. The molecule has 0 heterocycles. The molecule has 0 bridgehead atoms. The fourth-order valence-corrected chi connectivity index (χ4v) is 5.69. The minimum Gasteiger partial charge on any atom is -0.508 e. The lowest BCUT2D eigenvalue weighted by molar-refractivity contribution is 0.439. The van der Waals surface area contributed by atoms with Gasteiger partial charge in [-0.05, 0) is 29.8 Å². The number of rotatable bonds is 4. The van der Waals surface area contributed by atoms with E-state index in [-0.39, 0.29) is 37.0 Å². The highest BCUT2D eigenvalue weighted by Gasteiger charge is 2.53. The third-order valence-electron chi connectivity index (χ3n) is 4.40. The second-order valence-corrected chi connectivity index (χ2v) is 9.23. The van der Waals surface area contributed by atoms with Crippen molar-refractivity contribution in [1.29, 1.82) is 0 Å². The monoisotopic (exact) mass is 492 g/mol. The van der Waals surface area contributed by atoms with Crippen molar-refractivity contribution < 1.29 is 23.2 Å². The predicted molar refractivity (Wildman–Crippen MR) is 114 cm³/mol. The highest BCUT2D eigenvalue weighted by atomic mass is 35.5. The van der Waals surface area contributed by atoms with Crippen LogP contribution in [0.5, 0.6) is 11.5 Å². The summed E-state index contributed by atoms with van der Waals surface area (Å²) in [6.07, 6.45) is 0. The van der Waals surface area contributed by atoms with Crippen LogP contribution in [0, 0.1) is 0 Å². The molecule has 3 N–H and O–H groups in total. The second-order valence-electron chi connectivity index (χ2n) is 6.06. The number of benzene rings is 3. The Kier molecular flexibility index (Phi) is 5.98. The average molecular weight is 494 g/mol. The highest BCUT2D eigenvalue weighted by Crippen LogP contribution is 2.54. The van der Waals surface area contributed by atoms with Crippen LogP contribution in [0.15, 0.2) is 54.6 Å². The zero-order chi connectivity index (χ0) is 21.6. The first-order valence-corrected chi connectivity index (χ1v) is 10.9. The van der Waals surface area contributed by atoms with Crippen molar-refractivity contribution in [2.75, 3.05) is 0 Å². The third-order valence-corrected chi connectivity index (χ3v) is 7.23. The summed E-state index contributed by atoms with van der Waals surface area (Å²) < 4.78 is 33.9. The highest BCUT2D eigenvalue weighted by molar-refractivity contribution is 7.87. The molecular formula is C19H12Cl4O5S. The van der Waals surface area contributed by atoms with Gasteiger partial charge in [-0.1, -0.05) is 76.7 Å². The van der Waals surface area contributed by atoms with Crippen molar-refractivity contribution in [2.24, 2.45) is 0 Å². The molecule has 0 aliphatic rings. The standard InChI is InChI=1S/C19H12Cl4O5S/c20-13-7-6-11(24)8-12(13)19(29(26,27)28,10-4-2-1-3-5-10)16-14(21)9-15(22)17(23)18(16)25/h1-9,24-25H,(H,26,27,28). The van der Waals surface area contributed by atoms with Gasteiger partial charge in [-0.15, -0.1) is 0 Å². The van der Waals surface area contributed by atoms with E-state index in [4.69, 9.17) is 46.4 Å². The van der Waals surface area contributed by atoms with Crippen LogP contribution in [0.3, 0.4) is 0 Å². The quantitative estimate of drug-likeness (QED) is 0.239. The molecule has 5 nitrogen and oxygen atoms in total. The number of aromatic hydroxyl groups is 2. The largest absolute Gasteiger partial charge is 0.508 e. The van der Waals surface area contributed by atoms with Crippen LogP contribution in [0.1, 0.15) is 16.7 Å². The molecule has 29 heavy (non-hydrogen) atoms. The molecule has 0 radical (unpaired) electrons. The number of halogens is 4. The first kappa shape index (κ1) is 22.0. The van der Waals surface area contributed by atoms with Gasteiger partial charge in [0.25, 0.3) is 10.1 Å². The van der Waals surface area contributed by atoms with Gasteiger partial charge in [0.2, 0.25) is 0 Å². The van der Waals surface area contributed by atoms with E-state index in [2.05, 4.69) is 0 Å². The Morgan fingerprint density at radius 2 is 1.41 bits per heavy atom. The van der Waals surface area contributed by atoms with Gasteiger partial charge in [-0.25, -0.2) is 0 Å². The molecule has 3 aromatic carbocycles. The van der Waals surface area contributed by atoms with Crippen molar-refractivity contribution in [3.8, 4) is 11.5 Å². The maximum absolute atomic E-state index is 13.0. The number of phenolic OH excluding ortho intramolecular Hbond substituents is 2. The molecule has 3 aromatic rings. The maximum Gasteiger partial charge on any atom is 0.283 e. The van der Waals surface area contributed by atoms with E-state index in [9.17, 15) is 23.2 Å². The van der Waals surface area contributed by atoms with Gasteiger partial charge in [0, 0.05) is 16.1 Å². The molecule has 1 unspecified atom stereocenters. The third kappa shape index (κ3) is 3.54. The molecule has 0 aromatic heterocycles. The van der Waals surface area contributed by atoms with Crippen LogP contribution in [0.4, 0.5) is 0 Å². The van der Waals surface area contributed by atoms with Gasteiger partial charge in [0.15, 0.2) is 4.75 Å². The van der Waals surface area contributed by atoms with E-state index in [1.165, 1.54) is 36.4 Å². The van der Waals surface area contributed by atoms with Crippen molar-refractivity contribution in [3.63, 3.8) is 0 Å². The molecule has 0 amide bonds. The molecule has 1 atom stereocenters. The minimum absolute atomic E-state index is 0.00871. The minimum atomic E-state index is -5.14. The normalized spacial score (nSPS) is 13.8. The lowest BCUT2D eigenvalue weighted by atomic mass is 9.83. The fourth-order valence-electron chi connectivity index (χ4n) is 3.22. The molecule has 0 aliphatic heterocycles. The van der Waals surface area contributed by atoms with Gasteiger partial charge in [0.05, 0.1) is 10.0 Å². The zero-order valence-corrected chi connectivity index (χ0v) is 18.1. The Morgan fingerprint density at radius 3 is 2.00 bits per heavy atom. The first-order valence-electron chi connectivity index (χ1n) is 7.90. The van der Waals surface area contributed by atoms with Crippen molar-refractivity contribution in [2.45, 2.75) is 4.75 Å². The van der Waals surface area contributed by atoms with Gasteiger partial charge in [-0.3, -0.25) is 4.55 Å². The van der Waals surface area contributed by atoms with E-state index >= 15 is 0 Å². The van der Waals surface area contributed by atoms with Crippen LogP contribution in [-0.2, 0) is 14.9 Å². The van der Waals surface area contributed by atoms with E-state index in [1.807, 2.05) is 0 Å². The summed E-state index contributed by atoms with van der Waals surface area (Å²) in [5.41, 5.74) is -0.719. The summed E-state index contributed by atoms with van der Waals surface area (Å²) in [5.74, 6) is -1.09. The van der Waals surface area contributed by atoms with Crippen LogP contribution < -0.4 is 0 Å². The molecule has 3 rings (SSSR count). The summed E-state index contributed by atoms with van der Waals surface area (Å²) in [4.78, 5) is 0.